The van der Waals surface area contributed by atoms with Crippen molar-refractivity contribution in [3.05, 3.63) is 41.8 Å². The van der Waals surface area contributed by atoms with Crippen molar-refractivity contribution in [3.8, 4) is 11.1 Å². The zero-order valence-corrected chi connectivity index (χ0v) is 23.8. The van der Waals surface area contributed by atoms with Crippen molar-refractivity contribution in [3.63, 3.8) is 0 Å². The third kappa shape index (κ3) is 7.29. The summed E-state index contributed by atoms with van der Waals surface area (Å²) < 4.78 is 8.13. The van der Waals surface area contributed by atoms with Gasteiger partial charge in [0.25, 0.3) is 0 Å². The smallest absolute Gasteiger partial charge is 0.219 e. The molecule has 0 aliphatic rings. The van der Waals surface area contributed by atoms with Crippen LogP contribution in [0.25, 0.3) is 22.2 Å². The first-order chi connectivity index (χ1) is 16.5. The summed E-state index contributed by atoms with van der Waals surface area (Å²) >= 11 is 6.34. The van der Waals surface area contributed by atoms with E-state index in [0.29, 0.717) is 18.3 Å². The molecule has 2 heterocycles. The van der Waals surface area contributed by atoms with Gasteiger partial charge in [0.15, 0.2) is 0 Å². The maximum Gasteiger partial charge on any atom is 0.219 e. The number of hydrogen-bond acceptors (Lipinski definition) is 5. The van der Waals surface area contributed by atoms with E-state index in [0.717, 1.165) is 47.2 Å². The molecule has 0 saturated heterocycles. The zero-order valence-electron chi connectivity index (χ0n) is 22.0. The summed E-state index contributed by atoms with van der Waals surface area (Å²) in [5, 5.41) is 1.65. The summed E-state index contributed by atoms with van der Waals surface area (Å²) in [5.41, 5.74) is 2.86. The summed E-state index contributed by atoms with van der Waals surface area (Å²) in [6.45, 7) is 13.4. The second-order valence-corrected chi connectivity index (χ2v) is 16.7. The maximum atomic E-state index is 11.7. The lowest BCUT2D eigenvalue weighted by molar-refractivity contribution is -0.128. The van der Waals surface area contributed by atoms with E-state index >= 15 is 0 Å². The maximum absolute atomic E-state index is 11.7. The normalized spacial score (nSPS) is 12.7. The van der Waals surface area contributed by atoms with Gasteiger partial charge in [0.05, 0.1) is 5.39 Å². The fourth-order valence-corrected chi connectivity index (χ4v) is 5.07. The van der Waals surface area contributed by atoms with Crippen LogP contribution in [-0.2, 0) is 16.3 Å². The predicted octanol–water partition coefficient (Wildman–Crippen LogP) is 5.61. The summed E-state index contributed by atoms with van der Waals surface area (Å²) in [5.74, 6) is 1.18. The molecule has 0 bridgehead atoms. The second-order valence-electron chi connectivity index (χ2n) is 10.7. The minimum absolute atomic E-state index is 0.0679. The van der Waals surface area contributed by atoms with Crippen LogP contribution in [0.4, 0.5) is 5.82 Å². The van der Waals surface area contributed by atoms with E-state index in [1.165, 1.54) is 0 Å². The Morgan fingerprint density at radius 3 is 2.60 bits per heavy atom. The molecule has 7 nitrogen and oxygen atoms in total. The molecule has 1 atom stereocenters. The van der Waals surface area contributed by atoms with E-state index in [9.17, 15) is 4.79 Å². The van der Waals surface area contributed by atoms with Gasteiger partial charge in [0.1, 0.15) is 24.5 Å². The molecule has 190 valence electrons. The van der Waals surface area contributed by atoms with Gasteiger partial charge >= 0.3 is 0 Å². The van der Waals surface area contributed by atoms with Crippen molar-refractivity contribution in [1.29, 1.82) is 0 Å². The largest absolute Gasteiger partial charge is 0.361 e. The Hall–Kier alpha value is -2.42. The van der Waals surface area contributed by atoms with Gasteiger partial charge in [-0.05, 0) is 29.7 Å². The van der Waals surface area contributed by atoms with Crippen LogP contribution in [-0.4, -0.2) is 67.2 Å². The average Bonchev–Trinajstić information content (AvgIpc) is 3.14. The number of ether oxygens (including phenoxy) is 1. The summed E-state index contributed by atoms with van der Waals surface area (Å²) in [6.07, 6.45) is 3.70. The number of aromatic nitrogens is 3. The van der Waals surface area contributed by atoms with E-state index in [1.54, 1.807) is 18.2 Å². The predicted molar refractivity (Wildman–Crippen MR) is 148 cm³/mol. The van der Waals surface area contributed by atoms with Gasteiger partial charge < -0.3 is 19.1 Å². The van der Waals surface area contributed by atoms with Gasteiger partial charge in [0.2, 0.25) is 5.91 Å². The number of halogens is 1. The Bertz CT molecular complexity index is 1160. The van der Waals surface area contributed by atoms with Crippen molar-refractivity contribution < 1.29 is 9.53 Å². The van der Waals surface area contributed by atoms with E-state index in [-0.39, 0.29) is 11.8 Å². The van der Waals surface area contributed by atoms with Gasteiger partial charge in [-0.1, -0.05) is 50.3 Å². The molecule has 1 amide bonds. The van der Waals surface area contributed by atoms with Crippen LogP contribution in [0, 0.1) is 5.92 Å². The van der Waals surface area contributed by atoms with Crippen LogP contribution >= 0.6 is 11.6 Å². The Balaban J connectivity index is 1.96. The van der Waals surface area contributed by atoms with Crippen LogP contribution in [0.15, 0.2) is 36.8 Å². The zero-order chi connectivity index (χ0) is 25.8. The van der Waals surface area contributed by atoms with Crippen LogP contribution in [0.5, 0.6) is 0 Å². The quantitative estimate of drug-likeness (QED) is 0.245. The molecule has 9 heteroatoms. The number of carbonyl (C=O) groups excluding carboxylic acids is 1. The number of anilines is 1. The highest BCUT2D eigenvalue weighted by Gasteiger charge is 2.21. The number of fused-ring (bicyclic) bond motifs is 1. The molecule has 35 heavy (non-hydrogen) atoms. The Kier molecular flexibility index (Phi) is 8.96. The fraction of sp³-hybridized carbons (Fsp3) is 0.500. The lowest BCUT2D eigenvalue weighted by Crippen LogP contribution is -2.34. The summed E-state index contributed by atoms with van der Waals surface area (Å²) in [6, 6.07) is 8.97. The lowest BCUT2D eigenvalue weighted by atomic mass is 10.1. The minimum Gasteiger partial charge on any atom is -0.361 e. The number of hydrogen-bond donors (Lipinski definition) is 0. The Morgan fingerprint density at radius 2 is 1.94 bits per heavy atom. The highest BCUT2D eigenvalue weighted by molar-refractivity contribution is 6.76. The third-order valence-corrected chi connectivity index (χ3v) is 8.01. The molecule has 2 aromatic heterocycles. The molecule has 0 radical (unpaired) electrons. The molecule has 0 saturated carbocycles. The highest BCUT2D eigenvalue weighted by Crippen LogP contribution is 2.36. The number of nitrogens with zero attached hydrogens (tertiary/aromatic N) is 5. The standard InChI is InChI=1S/C26H38ClN5O2Si/c1-19(14-30(3)20(2)33)15-31(4)25-24-23(21-9-8-10-22(27)13-21)16-32(26(24)29-17-28-25)18-34-11-12-35(5,6)7/h8-10,13,16-17,19H,11-12,14-15,18H2,1-7H3. The topological polar surface area (TPSA) is 63.5 Å². The highest BCUT2D eigenvalue weighted by atomic mass is 35.5. The van der Waals surface area contributed by atoms with Gasteiger partial charge in [-0.2, -0.15) is 0 Å². The molecule has 1 unspecified atom stereocenters. The summed E-state index contributed by atoms with van der Waals surface area (Å²) in [4.78, 5) is 24.9. The van der Waals surface area contributed by atoms with Crippen molar-refractivity contribution in [2.24, 2.45) is 5.92 Å². The minimum atomic E-state index is -1.17. The van der Waals surface area contributed by atoms with Crippen molar-refractivity contribution in [2.45, 2.75) is 46.3 Å². The Labute approximate surface area is 215 Å². The molecule has 0 spiro atoms. The molecule has 0 aliphatic carbocycles. The van der Waals surface area contributed by atoms with Crippen LogP contribution < -0.4 is 4.90 Å². The van der Waals surface area contributed by atoms with Gasteiger partial charge in [0, 0.05) is 65.6 Å². The number of rotatable bonds is 11. The van der Waals surface area contributed by atoms with E-state index in [2.05, 4.69) is 58.3 Å². The summed E-state index contributed by atoms with van der Waals surface area (Å²) in [7, 11) is 2.70. The first-order valence-corrected chi connectivity index (χ1v) is 16.1. The van der Waals surface area contributed by atoms with Crippen molar-refractivity contribution >= 4 is 42.4 Å². The molecule has 0 fully saturated rings. The van der Waals surface area contributed by atoms with Crippen molar-refractivity contribution in [2.75, 3.05) is 38.7 Å². The second kappa shape index (κ2) is 11.5. The number of benzene rings is 1. The van der Waals surface area contributed by atoms with Gasteiger partial charge in [-0.3, -0.25) is 4.79 Å². The SMILES string of the molecule is CC(=O)N(C)CC(C)CN(C)c1ncnc2c1c(-c1cccc(Cl)c1)cn2COCC[Si](C)(C)C. The average molecular weight is 516 g/mol. The molecular weight excluding hydrogens is 478 g/mol. The molecule has 3 rings (SSSR count). The van der Waals surface area contributed by atoms with E-state index in [4.69, 9.17) is 16.3 Å². The van der Waals surface area contributed by atoms with Crippen LogP contribution in [0.1, 0.15) is 13.8 Å². The fourth-order valence-electron chi connectivity index (χ4n) is 4.12. The Morgan fingerprint density at radius 1 is 1.20 bits per heavy atom. The lowest BCUT2D eigenvalue weighted by Gasteiger charge is -2.26. The van der Waals surface area contributed by atoms with Gasteiger partial charge in [-0.25, -0.2) is 9.97 Å². The third-order valence-electron chi connectivity index (χ3n) is 6.07. The first kappa shape index (κ1) is 27.2. The first-order valence-electron chi connectivity index (χ1n) is 12.1. The van der Waals surface area contributed by atoms with E-state index in [1.807, 2.05) is 32.3 Å². The molecule has 3 aromatic rings. The molecule has 1 aromatic carbocycles. The molecule has 0 N–H and O–H groups in total. The van der Waals surface area contributed by atoms with Crippen LogP contribution in [0.2, 0.25) is 30.7 Å². The molecular formula is C26H38ClN5O2Si. The molecule has 0 aliphatic heterocycles. The number of amides is 1. The van der Waals surface area contributed by atoms with Gasteiger partial charge in [-0.15, -0.1) is 0 Å². The van der Waals surface area contributed by atoms with E-state index < -0.39 is 8.07 Å². The number of carbonyl (C=O) groups is 1. The van der Waals surface area contributed by atoms with Crippen LogP contribution in [0.3, 0.4) is 0 Å². The van der Waals surface area contributed by atoms with Crippen molar-refractivity contribution in [1.82, 2.24) is 19.4 Å². The monoisotopic (exact) mass is 515 g/mol.